The number of nitrogens with zero attached hydrogens (tertiary/aromatic N) is 2. The van der Waals surface area contributed by atoms with Crippen LogP contribution in [-0.4, -0.2) is 66.5 Å². The Labute approximate surface area is 122 Å². The van der Waals surface area contributed by atoms with Crippen molar-refractivity contribution in [3.63, 3.8) is 0 Å². The molecule has 2 N–H and O–H groups in total. The van der Waals surface area contributed by atoms with Crippen LogP contribution in [0.3, 0.4) is 0 Å². The lowest BCUT2D eigenvalue weighted by atomic mass is 10.4. The molecule has 8 nitrogen and oxygen atoms in total. The fourth-order valence-electron chi connectivity index (χ4n) is 3.20. The summed E-state index contributed by atoms with van der Waals surface area (Å²) in [5.74, 6) is -0.367. The fourth-order valence-corrected chi connectivity index (χ4v) is 3.20. The zero-order valence-corrected chi connectivity index (χ0v) is 11.9. The Morgan fingerprint density at radius 1 is 0.667 bits per heavy atom. The molecular formula is C13H20N4O4+2. The summed E-state index contributed by atoms with van der Waals surface area (Å²) in [5, 5.41) is 0. The molecule has 0 spiro atoms. The van der Waals surface area contributed by atoms with Gasteiger partial charge in [0.25, 0.3) is 0 Å². The Morgan fingerprint density at radius 2 is 1.00 bits per heavy atom. The van der Waals surface area contributed by atoms with Gasteiger partial charge in [-0.3, -0.25) is 29.0 Å². The van der Waals surface area contributed by atoms with Crippen LogP contribution in [0.1, 0.15) is 25.7 Å². The Balaban J connectivity index is 1.51. The van der Waals surface area contributed by atoms with Gasteiger partial charge in [0.15, 0.2) is 13.3 Å². The van der Waals surface area contributed by atoms with Crippen LogP contribution in [0.4, 0.5) is 0 Å². The Hall–Kier alpha value is -1.80. The molecule has 3 aliphatic heterocycles. The molecule has 0 radical (unpaired) electrons. The maximum atomic E-state index is 11.6. The van der Waals surface area contributed by atoms with Crippen LogP contribution in [0.25, 0.3) is 0 Å². The van der Waals surface area contributed by atoms with Crippen molar-refractivity contribution >= 4 is 23.6 Å². The van der Waals surface area contributed by atoms with E-state index in [1.807, 2.05) is 0 Å². The normalized spacial score (nSPS) is 30.1. The molecule has 0 bridgehead atoms. The van der Waals surface area contributed by atoms with Gasteiger partial charge in [-0.2, -0.15) is 0 Å². The van der Waals surface area contributed by atoms with Gasteiger partial charge in [0.1, 0.15) is 13.1 Å². The second kappa shape index (κ2) is 5.53. The molecule has 4 amide bonds. The minimum Gasteiger partial charge on any atom is -0.274 e. The standard InChI is InChI=1S/C13H18N4O4/c18-10-1-2-11(19)16(10)8-14-5-6-15(7-14)9-17-12(20)3-4-13(17)21/h1-9H2/p+2. The van der Waals surface area contributed by atoms with Crippen molar-refractivity contribution in [2.45, 2.75) is 25.7 Å². The highest BCUT2D eigenvalue weighted by molar-refractivity contribution is 6.02. The lowest BCUT2D eigenvalue weighted by Gasteiger charge is -2.20. The highest BCUT2D eigenvalue weighted by Crippen LogP contribution is 2.10. The summed E-state index contributed by atoms with van der Waals surface area (Å²) in [6.07, 6.45) is 1.28. The van der Waals surface area contributed by atoms with E-state index in [9.17, 15) is 19.2 Å². The zero-order chi connectivity index (χ0) is 15.0. The minimum absolute atomic E-state index is 0.0918. The fraction of sp³-hybridized carbons (Fsp3) is 0.692. The molecular weight excluding hydrogens is 276 g/mol. The predicted octanol–water partition coefficient (Wildman–Crippen LogP) is -4.06. The summed E-state index contributed by atoms with van der Waals surface area (Å²) < 4.78 is 0. The number of carbonyl (C=O) groups excluding carboxylic acids is 4. The van der Waals surface area contributed by atoms with Crippen molar-refractivity contribution in [2.24, 2.45) is 0 Å². The van der Waals surface area contributed by atoms with E-state index in [0.717, 1.165) is 22.9 Å². The van der Waals surface area contributed by atoms with Gasteiger partial charge in [0, 0.05) is 25.7 Å². The van der Waals surface area contributed by atoms with Crippen LogP contribution < -0.4 is 9.80 Å². The van der Waals surface area contributed by atoms with E-state index in [0.29, 0.717) is 45.7 Å². The van der Waals surface area contributed by atoms with E-state index < -0.39 is 0 Å². The second-order valence-corrected chi connectivity index (χ2v) is 5.92. The molecule has 114 valence electrons. The number of hydrogen-bond acceptors (Lipinski definition) is 4. The molecule has 3 aliphatic rings. The van der Waals surface area contributed by atoms with Gasteiger partial charge in [-0.15, -0.1) is 0 Å². The van der Waals surface area contributed by atoms with Gasteiger partial charge in [0.05, 0.1) is 0 Å². The Bertz CT molecular complexity index is 430. The van der Waals surface area contributed by atoms with Crippen LogP contribution in [0, 0.1) is 0 Å². The highest BCUT2D eigenvalue weighted by Gasteiger charge is 2.38. The van der Waals surface area contributed by atoms with Gasteiger partial charge in [-0.25, -0.2) is 9.80 Å². The van der Waals surface area contributed by atoms with E-state index in [2.05, 4.69) is 0 Å². The number of quaternary nitrogens is 2. The van der Waals surface area contributed by atoms with Crippen LogP contribution in [0.5, 0.6) is 0 Å². The monoisotopic (exact) mass is 296 g/mol. The second-order valence-electron chi connectivity index (χ2n) is 5.92. The summed E-state index contributed by atoms with van der Waals surface area (Å²) >= 11 is 0. The number of rotatable bonds is 4. The van der Waals surface area contributed by atoms with Crippen LogP contribution in [0.15, 0.2) is 0 Å². The van der Waals surface area contributed by atoms with Gasteiger partial charge in [-0.1, -0.05) is 0 Å². The summed E-state index contributed by atoms with van der Waals surface area (Å²) in [6.45, 7) is 3.20. The number of hydrogen-bond donors (Lipinski definition) is 2. The number of amides is 4. The highest BCUT2D eigenvalue weighted by atomic mass is 16.2. The van der Waals surface area contributed by atoms with Gasteiger partial charge < -0.3 is 0 Å². The molecule has 3 fully saturated rings. The number of likely N-dealkylation sites (tertiary alicyclic amines) is 2. The van der Waals surface area contributed by atoms with Gasteiger partial charge in [0.2, 0.25) is 30.3 Å². The molecule has 0 aromatic carbocycles. The van der Waals surface area contributed by atoms with E-state index in [1.165, 1.54) is 9.80 Å². The molecule has 3 rings (SSSR count). The minimum atomic E-state index is -0.0918. The van der Waals surface area contributed by atoms with Crippen molar-refractivity contribution < 1.29 is 29.0 Å². The molecule has 0 aromatic heterocycles. The molecule has 2 atom stereocenters. The molecule has 0 aromatic rings. The third kappa shape index (κ3) is 2.81. The maximum Gasteiger partial charge on any atom is 0.234 e. The largest absolute Gasteiger partial charge is 0.274 e. The summed E-state index contributed by atoms with van der Waals surface area (Å²) in [5.41, 5.74) is 0. The Kier molecular flexibility index (Phi) is 3.73. The van der Waals surface area contributed by atoms with Gasteiger partial charge in [-0.05, 0) is 0 Å². The molecule has 0 saturated carbocycles. The van der Waals surface area contributed by atoms with Crippen molar-refractivity contribution in [3.05, 3.63) is 0 Å². The van der Waals surface area contributed by atoms with E-state index in [-0.39, 0.29) is 23.6 Å². The number of carbonyl (C=O) groups is 4. The zero-order valence-electron chi connectivity index (χ0n) is 11.9. The smallest absolute Gasteiger partial charge is 0.234 e. The first-order valence-corrected chi connectivity index (χ1v) is 7.38. The number of nitrogens with one attached hydrogen (secondary N) is 2. The van der Waals surface area contributed by atoms with Crippen molar-refractivity contribution in [2.75, 3.05) is 33.1 Å². The van der Waals surface area contributed by atoms with E-state index in [1.54, 1.807) is 0 Å². The average Bonchev–Trinajstić information content (AvgIpc) is 3.11. The van der Waals surface area contributed by atoms with Crippen LogP contribution >= 0.6 is 0 Å². The van der Waals surface area contributed by atoms with Crippen LogP contribution in [0.2, 0.25) is 0 Å². The predicted molar refractivity (Wildman–Crippen MR) is 68.4 cm³/mol. The molecule has 8 heteroatoms. The van der Waals surface area contributed by atoms with Gasteiger partial charge >= 0.3 is 0 Å². The third-order valence-corrected chi connectivity index (χ3v) is 4.41. The van der Waals surface area contributed by atoms with Crippen molar-refractivity contribution in [1.29, 1.82) is 0 Å². The SMILES string of the molecule is O=C1CCC(=O)N1C[NH+]1CC[NH+](CN2C(=O)CCC2=O)C1. The number of imide groups is 2. The van der Waals surface area contributed by atoms with Crippen molar-refractivity contribution in [3.8, 4) is 0 Å². The Morgan fingerprint density at radius 3 is 1.33 bits per heavy atom. The van der Waals surface area contributed by atoms with E-state index >= 15 is 0 Å². The first-order valence-electron chi connectivity index (χ1n) is 7.38. The lowest BCUT2D eigenvalue weighted by Crippen LogP contribution is -3.24. The first kappa shape index (κ1) is 14.2. The molecule has 3 heterocycles. The topological polar surface area (TPSA) is 83.6 Å². The quantitative estimate of drug-likeness (QED) is 0.517. The van der Waals surface area contributed by atoms with Crippen molar-refractivity contribution in [1.82, 2.24) is 9.80 Å². The summed E-state index contributed by atoms with van der Waals surface area (Å²) in [7, 11) is 0. The molecule has 2 unspecified atom stereocenters. The summed E-state index contributed by atoms with van der Waals surface area (Å²) in [6, 6.07) is 0. The van der Waals surface area contributed by atoms with E-state index in [4.69, 9.17) is 0 Å². The summed E-state index contributed by atoms with van der Waals surface area (Å²) in [4.78, 5) is 51.4. The third-order valence-electron chi connectivity index (χ3n) is 4.41. The molecule has 0 aliphatic carbocycles. The first-order chi connectivity index (χ1) is 10.0. The average molecular weight is 296 g/mol. The van der Waals surface area contributed by atoms with Crippen LogP contribution in [-0.2, 0) is 19.2 Å². The maximum absolute atomic E-state index is 11.6. The molecule has 21 heavy (non-hydrogen) atoms. The lowest BCUT2D eigenvalue weighted by molar-refractivity contribution is -1.03. The molecule has 3 saturated heterocycles.